The number of nitrogens with one attached hydrogen (secondary N) is 1. The average Bonchev–Trinajstić information content (AvgIpc) is 2.47. The summed E-state index contributed by atoms with van der Waals surface area (Å²) in [7, 11) is 1.62. The number of carbonyl (C=O) groups excluding carboxylic acids is 1. The summed E-state index contributed by atoms with van der Waals surface area (Å²) in [6.07, 6.45) is 0. The normalized spacial score (nSPS) is 13.7. The van der Waals surface area contributed by atoms with Gasteiger partial charge in [-0.15, -0.1) is 0 Å². The molecule has 0 radical (unpaired) electrons. The fourth-order valence-electron chi connectivity index (χ4n) is 2.24. The van der Waals surface area contributed by atoms with Crippen molar-refractivity contribution in [2.75, 3.05) is 23.9 Å². The Morgan fingerprint density at radius 1 is 1.16 bits per heavy atom. The maximum atomic E-state index is 12.2. The highest BCUT2D eigenvalue weighted by atomic mass is 16.5. The number of rotatable bonds is 2. The highest BCUT2D eigenvalue weighted by Gasteiger charge is 2.24. The Morgan fingerprint density at radius 3 is 2.84 bits per heavy atom. The van der Waals surface area contributed by atoms with Crippen LogP contribution in [-0.4, -0.2) is 19.6 Å². The molecule has 0 unspecified atom stereocenters. The topological polar surface area (TPSA) is 41.6 Å². The Bertz CT molecular complexity index is 625. The zero-order valence-corrected chi connectivity index (χ0v) is 10.6. The van der Waals surface area contributed by atoms with Gasteiger partial charge in [-0.25, -0.2) is 0 Å². The molecule has 19 heavy (non-hydrogen) atoms. The van der Waals surface area contributed by atoms with E-state index < -0.39 is 0 Å². The maximum absolute atomic E-state index is 12.2. The van der Waals surface area contributed by atoms with Crippen LogP contribution in [0.1, 0.15) is 0 Å². The van der Waals surface area contributed by atoms with Gasteiger partial charge in [0, 0.05) is 6.07 Å². The molecule has 1 aliphatic rings. The maximum Gasteiger partial charge on any atom is 0.250 e. The van der Waals surface area contributed by atoms with Crippen LogP contribution in [0.5, 0.6) is 5.75 Å². The van der Waals surface area contributed by atoms with Crippen LogP contribution in [0.2, 0.25) is 0 Å². The van der Waals surface area contributed by atoms with E-state index in [1.165, 1.54) is 0 Å². The van der Waals surface area contributed by atoms with Crippen LogP contribution in [0, 0.1) is 0 Å². The van der Waals surface area contributed by atoms with Crippen molar-refractivity contribution in [3.8, 4) is 5.75 Å². The number of amides is 1. The summed E-state index contributed by atoms with van der Waals surface area (Å²) >= 11 is 0. The Morgan fingerprint density at radius 2 is 2.00 bits per heavy atom. The number of ether oxygens (including phenoxy) is 1. The van der Waals surface area contributed by atoms with Gasteiger partial charge in [-0.1, -0.05) is 18.2 Å². The van der Waals surface area contributed by atoms with Crippen molar-refractivity contribution < 1.29 is 9.53 Å². The van der Waals surface area contributed by atoms with Crippen LogP contribution in [0.25, 0.3) is 0 Å². The van der Waals surface area contributed by atoms with E-state index in [-0.39, 0.29) is 5.91 Å². The number of benzene rings is 2. The molecule has 2 aromatic rings. The molecule has 4 nitrogen and oxygen atoms in total. The van der Waals surface area contributed by atoms with Crippen molar-refractivity contribution in [1.29, 1.82) is 0 Å². The molecule has 0 spiro atoms. The molecule has 0 bridgehead atoms. The molecule has 4 heteroatoms. The van der Waals surface area contributed by atoms with Crippen LogP contribution in [0.15, 0.2) is 48.5 Å². The standard InChI is InChI=1S/C15H14N2O2/c1-19-12-6-4-5-11(9-12)17-14-8-3-2-7-13(14)16-10-15(17)18/h2-9,16H,10H2,1H3. The van der Waals surface area contributed by atoms with Crippen LogP contribution < -0.4 is 15.0 Å². The molecular weight excluding hydrogens is 240 g/mol. The molecule has 1 aliphatic heterocycles. The van der Waals surface area contributed by atoms with Gasteiger partial charge in [0.1, 0.15) is 5.75 Å². The van der Waals surface area contributed by atoms with Crippen molar-refractivity contribution in [2.45, 2.75) is 0 Å². The Hall–Kier alpha value is -2.49. The lowest BCUT2D eigenvalue weighted by Gasteiger charge is -2.30. The van der Waals surface area contributed by atoms with Gasteiger partial charge in [0.05, 0.1) is 30.7 Å². The first-order chi connectivity index (χ1) is 9.29. The van der Waals surface area contributed by atoms with Crippen molar-refractivity contribution in [1.82, 2.24) is 0 Å². The van der Waals surface area contributed by atoms with Gasteiger partial charge in [0.2, 0.25) is 0 Å². The fraction of sp³-hybridized carbons (Fsp3) is 0.133. The van der Waals surface area contributed by atoms with Gasteiger partial charge in [-0.2, -0.15) is 0 Å². The molecule has 0 fully saturated rings. The third-order valence-electron chi connectivity index (χ3n) is 3.14. The lowest BCUT2D eigenvalue weighted by Crippen LogP contribution is -2.36. The van der Waals surface area contributed by atoms with Crippen LogP contribution in [-0.2, 0) is 4.79 Å². The highest BCUT2D eigenvalue weighted by Crippen LogP contribution is 2.35. The molecule has 0 saturated heterocycles. The van der Waals surface area contributed by atoms with Crippen molar-refractivity contribution >= 4 is 23.0 Å². The Kier molecular flexibility index (Phi) is 2.83. The molecule has 96 valence electrons. The van der Waals surface area contributed by atoms with Gasteiger partial charge in [-0.3, -0.25) is 9.69 Å². The Balaban J connectivity index is 2.10. The van der Waals surface area contributed by atoms with Gasteiger partial charge in [0.25, 0.3) is 5.91 Å². The molecule has 2 aromatic carbocycles. The minimum atomic E-state index is 0.0203. The van der Waals surface area contributed by atoms with Crippen molar-refractivity contribution in [3.05, 3.63) is 48.5 Å². The monoisotopic (exact) mass is 254 g/mol. The number of carbonyl (C=O) groups is 1. The van der Waals surface area contributed by atoms with Gasteiger partial charge >= 0.3 is 0 Å². The molecule has 1 N–H and O–H groups in total. The van der Waals surface area contributed by atoms with Crippen LogP contribution in [0.3, 0.4) is 0 Å². The Labute approximate surface area is 111 Å². The second-order valence-corrected chi connectivity index (χ2v) is 4.30. The number of anilines is 3. The van der Waals surface area contributed by atoms with E-state index in [0.29, 0.717) is 6.54 Å². The summed E-state index contributed by atoms with van der Waals surface area (Å²) in [5, 5.41) is 3.12. The summed E-state index contributed by atoms with van der Waals surface area (Å²) in [6.45, 7) is 0.300. The number of methoxy groups -OCH3 is 1. The first-order valence-corrected chi connectivity index (χ1v) is 6.09. The lowest BCUT2D eigenvalue weighted by atomic mass is 10.1. The molecule has 1 amide bonds. The molecule has 0 saturated carbocycles. The summed E-state index contributed by atoms with van der Waals surface area (Å²) in [5.41, 5.74) is 2.65. The van der Waals surface area contributed by atoms with E-state index in [9.17, 15) is 4.79 Å². The summed E-state index contributed by atoms with van der Waals surface area (Å²) in [5.74, 6) is 0.758. The second-order valence-electron chi connectivity index (χ2n) is 4.30. The van der Waals surface area contributed by atoms with Crippen molar-refractivity contribution in [2.24, 2.45) is 0 Å². The average molecular weight is 254 g/mol. The molecule has 3 rings (SSSR count). The zero-order valence-electron chi connectivity index (χ0n) is 10.6. The summed E-state index contributed by atoms with van der Waals surface area (Å²) < 4.78 is 5.22. The predicted molar refractivity (Wildman–Crippen MR) is 75.1 cm³/mol. The van der Waals surface area contributed by atoms with Crippen molar-refractivity contribution in [3.63, 3.8) is 0 Å². The molecule has 1 heterocycles. The first-order valence-electron chi connectivity index (χ1n) is 6.09. The lowest BCUT2D eigenvalue weighted by molar-refractivity contribution is -0.116. The number of hydrogen-bond acceptors (Lipinski definition) is 3. The number of nitrogens with zero attached hydrogens (tertiary/aromatic N) is 1. The van der Waals surface area contributed by atoms with Gasteiger partial charge in [-0.05, 0) is 24.3 Å². The fourth-order valence-corrected chi connectivity index (χ4v) is 2.24. The van der Waals surface area contributed by atoms with E-state index in [1.54, 1.807) is 12.0 Å². The SMILES string of the molecule is COc1cccc(N2C(=O)CNc3ccccc32)c1. The third kappa shape index (κ3) is 2.01. The number of para-hydroxylation sites is 2. The van der Waals surface area contributed by atoms with E-state index in [0.717, 1.165) is 22.8 Å². The largest absolute Gasteiger partial charge is 0.497 e. The third-order valence-corrected chi connectivity index (χ3v) is 3.14. The first kappa shape index (κ1) is 11.6. The minimum Gasteiger partial charge on any atom is -0.497 e. The number of fused-ring (bicyclic) bond motifs is 1. The number of hydrogen-bond donors (Lipinski definition) is 1. The minimum absolute atomic E-state index is 0.0203. The molecular formula is C15H14N2O2. The summed E-state index contributed by atoms with van der Waals surface area (Å²) in [4.78, 5) is 13.9. The smallest absolute Gasteiger partial charge is 0.250 e. The van der Waals surface area contributed by atoms with E-state index in [2.05, 4.69) is 5.32 Å². The van der Waals surface area contributed by atoms with Gasteiger partial charge < -0.3 is 10.1 Å². The van der Waals surface area contributed by atoms with Gasteiger partial charge in [0.15, 0.2) is 0 Å². The zero-order chi connectivity index (χ0) is 13.2. The predicted octanol–water partition coefficient (Wildman–Crippen LogP) is 2.79. The second kappa shape index (κ2) is 4.65. The highest BCUT2D eigenvalue weighted by molar-refractivity contribution is 6.08. The summed E-state index contributed by atoms with van der Waals surface area (Å²) in [6, 6.07) is 15.3. The quantitative estimate of drug-likeness (QED) is 0.896. The van der Waals surface area contributed by atoms with E-state index >= 15 is 0 Å². The molecule has 0 aliphatic carbocycles. The van der Waals surface area contributed by atoms with E-state index in [1.807, 2.05) is 48.5 Å². The molecule has 0 atom stereocenters. The van der Waals surface area contributed by atoms with E-state index in [4.69, 9.17) is 4.74 Å². The van der Waals surface area contributed by atoms with Crippen LogP contribution in [0.4, 0.5) is 17.1 Å². The molecule has 0 aromatic heterocycles. The van der Waals surface area contributed by atoms with Crippen LogP contribution >= 0.6 is 0 Å².